The molecule has 3 aromatic rings. The van der Waals surface area contributed by atoms with Gasteiger partial charge in [0.2, 0.25) is 0 Å². The van der Waals surface area contributed by atoms with Crippen molar-refractivity contribution in [3.63, 3.8) is 0 Å². The molecule has 0 heterocycles. The van der Waals surface area contributed by atoms with Crippen LogP contribution in [0, 0.1) is 11.6 Å². The van der Waals surface area contributed by atoms with Crippen LogP contribution >= 0.6 is 11.6 Å². The Morgan fingerprint density at radius 2 is 1.55 bits per heavy atom. The van der Waals surface area contributed by atoms with Crippen LogP contribution in [0.5, 0.6) is 5.75 Å². The maximum Gasteiger partial charge on any atom is 0.345 e. The third kappa shape index (κ3) is 4.38. The quantitative estimate of drug-likeness (QED) is 0.331. The molecule has 0 N–H and O–H groups in total. The monoisotopic (exact) mass is 437 g/mol. The minimum Gasteiger partial charge on any atom is -0.423 e. The SMILES string of the molecule is CN(c1ccc(OC(=O)c2cc(F)c(F)cc2Cl)cc1)S(=O)(=O)c1ccccc1. The van der Waals surface area contributed by atoms with Crippen molar-refractivity contribution in [2.75, 3.05) is 11.4 Å². The molecule has 0 radical (unpaired) electrons. The van der Waals surface area contributed by atoms with Crippen molar-refractivity contribution in [2.45, 2.75) is 4.90 Å². The zero-order valence-corrected chi connectivity index (χ0v) is 16.5. The predicted molar refractivity (Wildman–Crippen MR) is 105 cm³/mol. The highest BCUT2D eigenvalue weighted by molar-refractivity contribution is 7.92. The first kappa shape index (κ1) is 20.8. The highest BCUT2D eigenvalue weighted by Crippen LogP contribution is 2.26. The molecule has 150 valence electrons. The van der Waals surface area contributed by atoms with E-state index in [1.165, 1.54) is 43.4 Å². The molecule has 9 heteroatoms. The van der Waals surface area contributed by atoms with Crippen molar-refractivity contribution >= 4 is 33.3 Å². The Kier molecular flexibility index (Phi) is 5.86. The lowest BCUT2D eigenvalue weighted by atomic mass is 10.2. The minimum atomic E-state index is -3.75. The number of hydrogen-bond donors (Lipinski definition) is 0. The zero-order valence-electron chi connectivity index (χ0n) is 15.0. The molecule has 0 fully saturated rings. The number of carbonyl (C=O) groups excluding carboxylic acids is 1. The summed E-state index contributed by atoms with van der Waals surface area (Å²) in [5, 5.41) is -0.292. The van der Waals surface area contributed by atoms with Crippen LogP contribution in [0.3, 0.4) is 0 Å². The van der Waals surface area contributed by atoms with E-state index in [9.17, 15) is 22.0 Å². The molecule has 0 atom stereocenters. The summed E-state index contributed by atoms with van der Waals surface area (Å²) in [6.07, 6.45) is 0. The van der Waals surface area contributed by atoms with Crippen molar-refractivity contribution in [1.82, 2.24) is 0 Å². The van der Waals surface area contributed by atoms with E-state index in [1.54, 1.807) is 18.2 Å². The predicted octanol–water partition coefficient (Wildman–Crippen LogP) is 4.66. The second-order valence-corrected chi connectivity index (χ2v) is 8.29. The lowest BCUT2D eigenvalue weighted by Crippen LogP contribution is -2.26. The molecule has 0 aliphatic carbocycles. The lowest BCUT2D eigenvalue weighted by Gasteiger charge is -2.19. The van der Waals surface area contributed by atoms with E-state index in [0.29, 0.717) is 17.8 Å². The number of ether oxygens (including phenoxy) is 1. The van der Waals surface area contributed by atoms with E-state index in [1.807, 2.05) is 0 Å². The van der Waals surface area contributed by atoms with Crippen molar-refractivity contribution < 1.29 is 26.7 Å². The van der Waals surface area contributed by atoms with Gasteiger partial charge in [-0.15, -0.1) is 0 Å². The van der Waals surface area contributed by atoms with Crippen LogP contribution in [0.15, 0.2) is 71.6 Å². The molecule has 0 aromatic heterocycles. The van der Waals surface area contributed by atoms with Crippen LogP contribution in [-0.4, -0.2) is 21.4 Å². The Hall–Kier alpha value is -2.97. The molecule has 0 amide bonds. The second-order valence-electron chi connectivity index (χ2n) is 5.92. The summed E-state index contributed by atoms with van der Waals surface area (Å²) in [4.78, 5) is 12.3. The van der Waals surface area contributed by atoms with E-state index in [-0.39, 0.29) is 21.2 Å². The molecular weight excluding hydrogens is 424 g/mol. The Labute approximate surface area is 171 Å². The first-order chi connectivity index (χ1) is 13.7. The molecule has 0 saturated carbocycles. The van der Waals surface area contributed by atoms with Crippen molar-refractivity contribution in [2.24, 2.45) is 0 Å². The van der Waals surface area contributed by atoms with E-state index in [2.05, 4.69) is 0 Å². The minimum absolute atomic E-state index is 0.0741. The zero-order chi connectivity index (χ0) is 21.2. The van der Waals surface area contributed by atoms with Gasteiger partial charge >= 0.3 is 5.97 Å². The van der Waals surface area contributed by atoms with E-state index < -0.39 is 27.6 Å². The second kappa shape index (κ2) is 8.18. The average Bonchev–Trinajstić information content (AvgIpc) is 2.71. The van der Waals surface area contributed by atoms with Gasteiger partial charge in [-0.2, -0.15) is 0 Å². The number of esters is 1. The summed E-state index contributed by atoms with van der Waals surface area (Å²) < 4.78 is 57.9. The summed E-state index contributed by atoms with van der Waals surface area (Å²) in [5.41, 5.74) is -0.00192. The van der Waals surface area contributed by atoms with Crippen molar-refractivity contribution in [3.05, 3.63) is 89.0 Å². The van der Waals surface area contributed by atoms with Gasteiger partial charge in [0, 0.05) is 7.05 Å². The van der Waals surface area contributed by atoms with E-state index in [4.69, 9.17) is 16.3 Å². The number of hydrogen-bond acceptors (Lipinski definition) is 4. The highest BCUT2D eigenvalue weighted by Gasteiger charge is 2.21. The molecule has 3 rings (SSSR count). The molecule has 5 nitrogen and oxygen atoms in total. The van der Waals surface area contributed by atoms with Crippen molar-refractivity contribution in [3.8, 4) is 5.75 Å². The summed E-state index contributed by atoms with van der Waals surface area (Å²) in [6, 6.07) is 14.9. The van der Waals surface area contributed by atoms with Gasteiger partial charge in [-0.3, -0.25) is 4.31 Å². The Morgan fingerprint density at radius 3 is 2.17 bits per heavy atom. The normalized spacial score (nSPS) is 11.2. The Bertz CT molecular complexity index is 1150. The van der Waals surface area contributed by atoms with Crippen LogP contribution in [-0.2, 0) is 10.0 Å². The number of nitrogens with zero attached hydrogens (tertiary/aromatic N) is 1. The lowest BCUT2D eigenvalue weighted by molar-refractivity contribution is 0.0734. The van der Waals surface area contributed by atoms with Crippen LogP contribution in [0.25, 0.3) is 0 Å². The van der Waals surface area contributed by atoms with Crippen LogP contribution in [0.4, 0.5) is 14.5 Å². The van der Waals surface area contributed by atoms with Gasteiger partial charge in [0.05, 0.1) is 21.2 Å². The first-order valence-electron chi connectivity index (χ1n) is 8.21. The molecule has 0 aliphatic rings. The third-order valence-corrected chi connectivity index (χ3v) is 6.15. The van der Waals surface area contributed by atoms with Gasteiger partial charge in [0.25, 0.3) is 10.0 Å². The fourth-order valence-electron chi connectivity index (χ4n) is 2.45. The van der Waals surface area contributed by atoms with Crippen LogP contribution in [0.1, 0.15) is 10.4 Å². The number of anilines is 1. The molecule has 0 spiro atoms. The summed E-state index contributed by atoms with van der Waals surface area (Å²) in [5.74, 6) is -3.32. The molecule has 0 aliphatic heterocycles. The van der Waals surface area contributed by atoms with E-state index >= 15 is 0 Å². The van der Waals surface area contributed by atoms with Gasteiger partial charge in [-0.05, 0) is 48.5 Å². The molecule has 29 heavy (non-hydrogen) atoms. The number of rotatable bonds is 5. The molecule has 3 aromatic carbocycles. The fourth-order valence-corrected chi connectivity index (χ4v) is 3.90. The topological polar surface area (TPSA) is 63.7 Å². The van der Waals surface area contributed by atoms with Gasteiger partial charge < -0.3 is 4.74 Å². The maximum absolute atomic E-state index is 13.3. The number of benzene rings is 3. The number of halogens is 3. The Balaban J connectivity index is 1.78. The summed E-state index contributed by atoms with van der Waals surface area (Å²) in [7, 11) is -2.36. The number of carbonyl (C=O) groups is 1. The van der Waals surface area contributed by atoms with Crippen LogP contribution < -0.4 is 9.04 Å². The fraction of sp³-hybridized carbons (Fsp3) is 0.0500. The largest absolute Gasteiger partial charge is 0.423 e. The summed E-state index contributed by atoms with van der Waals surface area (Å²) >= 11 is 5.76. The standard InChI is InChI=1S/C20H14ClF2NO4S/c1-24(29(26,27)15-5-3-2-4-6-15)13-7-9-14(10-8-13)28-20(25)16-11-18(22)19(23)12-17(16)21/h2-12H,1H3. The molecule has 0 bridgehead atoms. The highest BCUT2D eigenvalue weighted by atomic mass is 35.5. The molecule has 0 saturated heterocycles. The van der Waals surface area contributed by atoms with Gasteiger partial charge in [0.15, 0.2) is 11.6 Å². The maximum atomic E-state index is 13.3. The molecular formula is C20H14ClF2NO4S. The molecule has 0 unspecified atom stereocenters. The van der Waals surface area contributed by atoms with Gasteiger partial charge in [-0.25, -0.2) is 22.0 Å². The number of sulfonamides is 1. The summed E-state index contributed by atoms with van der Waals surface area (Å²) in [6.45, 7) is 0. The van der Waals surface area contributed by atoms with E-state index in [0.717, 1.165) is 4.31 Å². The first-order valence-corrected chi connectivity index (χ1v) is 10.0. The smallest absolute Gasteiger partial charge is 0.345 e. The Morgan fingerprint density at radius 1 is 0.966 bits per heavy atom. The average molecular weight is 438 g/mol. The third-order valence-electron chi connectivity index (χ3n) is 4.04. The van der Waals surface area contributed by atoms with Gasteiger partial charge in [-0.1, -0.05) is 29.8 Å². The van der Waals surface area contributed by atoms with Crippen molar-refractivity contribution in [1.29, 1.82) is 0 Å². The van der Waals surface area contributed by atoms with Gasteiger partial charge in [0.1, 0.15) is 5.75 Å². The van der Waals surface area contributed by atoms with Crippen LogP contribution in [0.2, 0.25) is 5.02 Å².